The minimum absolute atomic E-state index is 0.0547. The highest BCUT2D eigenvalue weighted by Gasteiger charge is 2.28. The van der Waals surface area contributed by atoms with Crippen LogP contribution in [0.25, 0.3) is 0 Å². The largest absolute Gasteiger partial charge is 0.340 e. The summed E-state index contributed by atoms with van der Waals surface area (Å²) in [5.41, 5.74) is 7.34. The van der Waals surface area contributed by atoms with Gasteiger partial charge in [0.15, 0.2) is 0 Å². The molecule has 2 fully saturated rings. The molecule has 0 unspecified atom stereocenters. The Kier molecular flexibility index (Phi) is 7.27. The predicted molar refractivity (Wildman–Crippen MR) is 110 cm³/mol. The topological polar surface area (TPSA) is 52.8 Å². The van der Waals surface area contributed by atoms with E-state index in [4.69, 9.17) is 5.73 Å². The summed E-state index contributed by atoms with van der Waals surface area (Å²) in [5.74, 6) is 0.253. The number of carbonyl (C=O) groups is 1. The molecule has 0 aliphatic carbocycles. The minimum Gasteiger partial charge on any atom is -0.340 e. The molecule has 5 heteroatoms. The van der Waals surface area contributed by atoms with Crippen LogP contribution in [0.4, 0.5) is 0 Å². The van der Waals surface area contributed by atoms with Gasteiger partial charge in [-0.1, -0.05) is 30.3 Å². The van der Waals surface area contributed by atoms with Crippen molar-refractivity contribution >= 4 is 5.91 Å². The maximum absolute atomic E-state index is 12.5. The van der Waals surface area contributed by atoms with Crippen molar-refractivity contribution in [3.05, 3.63) is 35.9 Å². The molecule has 1 aromatic carbocycles. The fourth-order valence-electron chi connectivity index (χ4n) is 4.47. The zero-order chi connectivity index (χ0) is 19.2. The van der Waals surface area contributed by atoms with E-state index in [9.17, 15) is 4.79 Å². The summed E-state index contributed by atoms with van der Waals surface area (Å²) in [5, 5.41) is 0. The van der Waals surface area contributed by atoms with Crippen molar-refractivity contribution in [2.45, 2.75) is 57.7 Å². The molecule has 1 aromatic rings. The molecule has 3 rings (SSSR count). The quantitative estimate of drug-likeness (QED) is 0.799. The van der Waals surface area contributed by atoms with Crippen molar-refractivity contribution in [3.8, 4) is 0 Å². The third-order valence-electron chi connectivity index (χ3n) is 6.43. The Hall–Kier alpha value is -1.43. The maximum Gasteiger partial charge on any atom is 0.222 e. The lowest BCUT2D eigenvalue weighted by Crippen LogP contribution is -2.50. The molecular weight excluding hydrogens is 336 g/mol. The normalized spacial score (nSPS) is 25.7. The van der Waals surface area contributed by atoms with E-state index < -0.39 is 0 Å². The maximum atomic E-state index is 12.5. The molecule has 0 radical (unpaired) electrons. The third kappa shape index (κ3) is 5.53. The van der Waals surface area contributed by atoms with Gasteiger partial charge in [0.05, 0.1) is 0 Å². The van der Waals surface area contributed by atoms with Gasteiger partial charge in [-0.15, -0.1) is 0 Å². The van der Waals surface area contributed by atoms with Crippen LogP contribution in [-0.4, -0.2) is 72.0 Å². The third-order valence-corrected chi connectivity index (χ3v) is 6.43. The minimum atomic E-state index is -0.0547. The van der Waals surface area contributed by atoms with Gasteiger partial charge in [-0.2, -0.15) is 0 Å². The van der Waals surface area contributed by atoms with Gasteiger partial charge in [0, 0.05) is 63.8 Å². The molecule has 150 valence electrons. The van der Waals surface area contributed by atoms with Crippen molar-refractivity contribution in [3.63, 3.8) is 0 Å². The molecule has 2 aliphatic heterocycles. The molecular formula is C22H36N4O. The SMILES string of the molecule is C[C@@H]1CC[C@H](C)N1CCN1CCN(C(=O)CC[C@H](N)c2ccccc2)CC1. The molecule has 0 bridgehead atoms. The summed E-state index contributed by atoms with van der Waals surface area (Å²) in [6.45, 7) is 10.7. The van der Waals surface area contributed by atoms with E-state index >= 15 is 0 Å². The fraction of sp³-hybridized carbons (Fsp3) is 0.682. The lowest BCUT2D eigenvalue weighted by molar-refractivity contribution is -0.133. The molecule has 1 amide bonds. The van der Waals surface area contributed by atoms with Crippen LogP contribution in [0.5, 0.6) is 0 Å². The van der Waals surface area contributed by atoms with Gasteiger partial charge in [-0.05, 0) is 38.7 Å². The standard InChI is InChI=1S/C22H36N4O/c1-18-8-9-19(2)26(18)17-14-24-12-15-25(16-13-24)22(27)11-10-21(23)20-6-4-3-5-7-20/h3-7,18-19,21H,8-17,23H2,1-2H3/t18-,19+,21-/m0/s1. The van der Waals surface area contributed by atoms with Crippen molar-refractivity contribution < 1.29 is 4.79 Å². The van der Waals surface area contributed by atoms with E-state index in [1.54, 1.807) is 0 Å². The predicted octanol–water partition coefficient (Wildman–Crippen LogP) is 2.48. The first-order valence-electron chi connectivity index (χ1n) is 10.6. The first kappa shape index (κ1) is 20.3. The first-order valence-corrected chi connectivity index (χ1v) is 10.6. The average molecular weight is 373 g/mol. The van der Waals surface area contributed by atoms with Gasteiger partial charge in [-0.3, -0.25) is 14.6 Å². The van der Waals surface area contributed by atoms with Crippen molar-refractivity contribution in [2.24, 2.45) is 5.73 Å². The number of amides is 1. The number of benzene rings is 1. The summed E-state index contributed by atoms with van der Waals surface area (Å²) in [6.07, 6.45) is 3.91. The van der Waals surface area contributed by atoms with Crippen LogP contribution >= 0.6 is 0 Å². The summed E-state index contributed by atoms with van der Waals surface area (Å²) >= 11 is 0. The number of nitrogens with zero attached hydrogens (tertiary/aromatic N) is 3. The zero-order valence-electron chi connectivity index (χ0n) is 17.0. The molecule has 2 heterocycles. The van der Waals surface area contributed by atoms with Crippen LogP contribution in [0.1, 0.15) is 51.1 Å². The van der Waals surface area contributed by atoms with Crippen LogP contribution in [0.2, 0.25) is 0 Å². The van der Waals surface area contributed by atoms with Crippen LogP contribution in [0, 0.1) is 0 Å². The summed E-state index contributed by atoms with van der Waals surface area (Å²) in [6, 6.07) is 11.5. The first-order chi connectivity index (χ1) is 13.0. The van der Waals surface area contributed by atoms with E-state index in [1.807, 2.05) is 35.2 Å². The van der Waals surface area contributed by atoms with Gasteiger partial charge in [-0.25, -0.2) is 0 Å². The second-order valence-electron chi connectivity index (χ2n) is 8.29. The molecule has 27 heavy (non-hydrogen) atoms. The van der Waals surface area contributed by atoms with Gasteiger partial charge in [0.25, 0.3) is 0 Å². The number of likely N-dealkylation sites (tertiary alicyclic amines) is 1. The lowest BCUT2D eigenvalue weighted by Gasteiger charge is -2.36. The van der Waals surface area contributed by atoms with E-state index in [1.165, 1.54) is 12.8 Å². The van der Waals surface area contributed by atoms with Gasteiger partial charge in [0.1, 0.15) is 0 Å². The van der Waals surface area contributed by atoms with Gasteiger partial charge < -0.3 is 10.6 Å². The lowest BCUT2D eigenvalue weighted by atomic mass is 10.0. The Morgan fingerprint density at radius 3 is 2.30 bits per heavy atom. The molecule has 2 aliphatic rings. The molecule has 3 atom stereocenters. The van der Waals surface area contributed by atoms with Crippen molar-refractivity contribution in [2.75, 3.05) is 39.3 Å². The Balaban J connectivity index is 1.35. The Bertz CT molecular complexity index is 575. The van der Waals surface area contributed by atoms with Crippen LogP contribution in [-0.2, 0) is 4.79 Å². The average Bonchev–Trinajstić information content (AvgIpc) is 3.03. The van der Waals surface area contributed by atoms with Crippen LogP contribution < -0.4 is 5.73 Å². The summed E-state index contributed by atoms with van der Waals surface area (Å²) < 4.78 is 0. The molecule has 0 saturated carbocycles. The van der Waals surface area contributed by atoms with E-state index in [2.05, 4.69) is 23.6 Å². The van der Waals surface area contributed by atoms with Crippen LogP contribution in [0.3, 0.4) is 0 Å². The van der Waals surface area contributed by atoms with E-state index in [0.29, 0.717) is 12.8 Å². The second kappa shape index (κ2) is 9.67. The van der Waals surface area contributed by atoms with Crippen molar-refractivity contribution in [1.82, 2.24) is 14.7 Å². The molecule has 5 nitrogen and oxygen atoms in total. The molecule has 2 saturated heterocycles. The highest BCUT2D eigenvalue weighted by atomic mass is 16.2. The summed E-state index contributed by atoms with van der Waals surface area (Å²) in [7, 11) is 0. The fourth-order valence-corrected chi connectivity index (χ4v) is 4.47. The van der Waals surface area contributed by atoms with Crippen molar-refractivity contribution in [1.29, 1.82) is 0 Å². The van der Waals surface area contributed by atoms with E-state index in [0.717, 1.165) is 56.9 Å². The number of hydrogen-bond acceptors (Lipinski definition) is 4. The Morgan fingerprint density at radius 2 is 1.67 bits per heavy atom. The van der Waals surface area contributed by atoms with Gasteiger partial charge >= 0.3 is 0 Å². The smallest absolute Gasteiger partial charge is 0.222 e. The van der Waals surface area contributed by atoms with Crippen LogP contribution in [0.15, 0.2) is 30.3 Å². The van der Waals surface area contributed by atoms with E-state index in [-0.39, 0.29) is 11.9 Å². The number of piperazine rings is 1. The number of carbonyl (C=O) groups excluding carboxylic acids is 1. The number of nitrogens with two attached hydrogens (primary N) is 1. The highest BCUT2D eigenvalue weighted by Crippen LogP contribution is 2.23. The number of rotatable bonds is 7. The monoisotopic (exact) mass is 372 g/mol. The van der Waals surface area contributed by atoms with Gasteiger partial charge in [0.2, 0.25) is 5.91 Å². The Labute approximate surface area is 164 Å². The molecule has 2 N–H and O–H groups in total. The zero-order valence-corrected chi connectivity index (χ0v) is 17.0. The molecule has 0 spiro atoms. The Morgan fingerprint density at radius 1 is 1.04 bits per heavy atom. The highest BCUT2D eigenvalue weighted by molar-refractivity contribution is 5.76. The molecule has 0 aromatic heterocycles. The number of hydrogen-bond donors (Lipinski definition) is 1. The second-order valence-corrected chi connectivity index (χ2v) is 8.29. The summed E-state index contributed by atoms with van der Waals surface area (Å²) in [4.78, 5) is 19.7.